The summed E-state index contributed by atoms with van der Waals surface area (Å²) < 4.78 is 10.2. The first kappa shape index (κ1) is 23.2. The van der Waals surface area contributed by atoms with Gasteiger partial charge < -0.3 is 20.5 Å². The Balaban J connectivity index is 1.83. The van der Waals surface area contributed by atoms with Gasteiger partial charge in [-0.25, -0.2) is 0 Å². The number of hydrogen-bond acceptors (Lipinski definition) is 5. The van der Waals surface area contributed by atoms with Crippen LogP contribution in [0, 0.1) is 23.7 Å². The molecule has 1 fully saturated rings. The summed E-state index contributed by atoms with van der Waals surface area (Å²) in [5.41, 5.74) is 6.75. The van der Waals surface area contributed by atoms with Crippen molar-refractivity contribution in [3.8, 4) is 5.75 Å². The van der Waals surface area contributed by atoms with E-state index >= 15 is 0 Å². The number of hydrogen-bond donors (Lipinski definition) is 2. The molecule has 162 valence electrons. The molecular weight excluding hydrogens is 368 g/mol. The first-order valence-electron chi connectivity index (χ1n) is 10.6. The van der Waals surface area contributed by atoms with Crippen molar-refractivity contribution >= 4 is 11.9 Å². The fraction of sp³-hybridized carbons (Fsp3) is 0.652. The molecule has 4 atom stereocenters. The standard InChI is InChI=1S/C23H36N2O4/c1-15(2)19-9-8-16(3)12-20(19)22(26)25-11-10-17-6-5-7-18(13-17)29-14-21(24)23(27)28-4/h5-7,13,15-16,19-21H,8-12,14,24H2,1-4H3,(H,25,26)/t16?,19-,20+,21?/m0/s1. The lowest BCUT2D eigenvalue weighted by Crippen LogP contribution is -2.40. The Labute approximate surface area is 174 Å². The highest BCUT2D eigenvalue weighted by atomic mass is 16.5. The molecule has 6 nitrogen and oxygen atoms in total. The normalized spacial score (nSPS) is 22.8. The van der Waals surface area contributed by atoms with E-state index in [1.54, 1.807) is 0 Å². The number of ether oxygens (including phenoxy) is 2. The van der Waals surface area contributed by atoms with Crippen LogP contribution < -0.4 is 15.8 Å². The molecule has 2 rings (SSSR count). The highest BCUT2D eigenvalue weighted by Gasteiger charge is 2.35. The summed E-state index contributed by atoms with van der Waals surface area (Å²) in [6, 6.07) is 6.82. The molecule has 0 heterocycles. The van der Waals surface area contributed by atoms with Crippen LogP contribution in [-0.4, -0.2) is 38.2 Å². The number of methoxy groups -OCH3 is 1. The predicted molar refractivity (Wildman–Crippen MR) is 113 cm³/mol. The van der Waals surface area contributed by atoms with Gasteiger partial charge in [-0.05, 0) is 54.7 Å². The van der Waals surface area contributed by atoms with Crippen molar-refractivity contribution in [2.75, 3.05) is 20.3 Å². The third-order valence-corrected chi connectivity index (χ3v) is 5.90. The van der Waals surface area contributed by atoms with Gasteiger partial charge in [-0.15, -0.1) is 0 Å². The molecule has 0 aliphatic heterocycles. The van der Waals surface area contributed by atoms with Gasteiger partial charge in [-0.1, -0.05) is 39.3 Å². The first-order valence-corrected chi connectivity index (χ1v) is 10.6. The van der Waals surface area contributed by atoms with Gasteiger partial charge in [0.15, 0.2) is 0 Å². The third-order valence-electron chi connectivity index (χ3n) is 5.90. The maximum atomic E-state index is 12.8. The van der Waals surface area contributed by atoms with Crippen LogP contribution in [0.3, 0.4) is 0 Å². The van der Waals surface area contributed by atoms with Gasteiger partial charge in [0, 0.05) is 12.5 Å². The fourth-order valence-corrected chi connectivity index (χ4v) is 4.16. The highest BCUT2D eigenvalue weighted by Crippen LogP contribution is 2.38. The number of nitrogens with one attached hydrogen (secondary N) is 1. The molecule has 0 aromatic heterocycles. The van der Waals surface area contributed by atoms with Gasteiger partial charge in [-0.3, -0.25) is 9.59 Å². The molecule has 1 aliphatic rings. The Morgan fingerprint density at radius 2 is 2.03 bits per heavy atom. The van der Waals surface area contributed by atoms with Crippen LogP contribution in [0.5, 0.6) is 5.75 Å². The van der Waals surface area contributed by atoms with Crippen LogP contribution in [0.4, 0.5) is 0 Å². The Hall–Kier alpha value is -2.08. The Kier molecular flexibility index (Phi) is 8.96. The summed E-state index contributed by atoms with van der Waals surface area (Å²) in [5, 5.41) is 3.14. The van der Waals surface area contributed by atoms with E-state index in [2.05, 4.69) is 30.8 Å². The van der Waals surface area contributed by atoms with Crippen LogP contribution in [-0.2, 0) is 20.7 Å². The van der Waals surface area contributed by atoms with Gasteiger partial charge in [0.2, 0.25) is 5.91 Å². The molecule has 29 heavy (non-hydrogen) atoms. The quantitative estimate of drug-likeness (QED) is 0.618. The van der Waals surface area contributed by atoms with Crippen molar-refractivity contribution in [3.05, 3.63) is 29.8 Å². The molecule has 1 saturated carbocycles. The minimum atomic E-state index is -0.810. The van der Waals surface area contributed by atoms with Crippen LogP contribution >= 0.6 is 0 Å². The van der Waals surface area contributed by atoms with Crippen molar-refractivity contribution in [2.45, 2.75) is 52.5 Å². The smallest absolute Gasteiger partial charge is 0.326 e. The maximum absolute atomic E-state index is 12.8. The number of carbonyl (C=O) groups is 2. The lowest BCUT2D eigenvalue weighted by Gasteiger charge is -2.36. The second-order valence-corrected chi connectivity index (χ2v) is 8.56. The van der Waals surface area contributed by atoms with Crippen molar-refractivity contribution in [3.63, 3.8) is 0 Å². The van der Waals surface area contributed by atoms with E-state index in [0.29, 0.717) is 30.0 Å². The number of nitrogens with two attached hydrogens (primary N) is 1. The van der Waals surface area contributed by atoms with Crippen LogP contribution in [0.25, 0.3) is 0 Å². The molecule has 6 heteroatoms. The summed E-state index contributed by atoms with van der Waals surface area (Å²) in [7, 11) is 1.30. The van der Waals surface area contributed by atoms with Gasteiger partial charge in [0.1, 0.15) is 18.4 Å². The summed E-state index contributed by atoms with van der Waals surface area (Å²) in [6.07, 6.45) is 4.07. The maximum Gasteiger partial charge on any atom is 0.326 e. The molecule has 0 radical (unpaired) electrons. The summed E-state index contributed by atoms with van der Waals surface area (Å²) in [4.78, 5) is 24.1. The SMILES string of the molecule is COC(=O)C(N)COc1cccc(CCNC(=O)[C@@H]2CC(C)CC[C@H]2C(C)C)c1. The van der Waals surface area contributed by atoms with Gasteiger partial charge in [0.05, 0.1) is 7.11 Å². The molecule has 1 aromatic rings. The molecule has 2 unspecified atom stereocenters. The van der Waals surface area contributed by atoms with Crippen LogP contribution in [0.1, 0.15) is 45.6 Å². The van der Waals surface area contributed by atoms with E-state index in [1.807, 2.05) is 24.3 Å². The Morgan fingerprint density at radius 1 is 1.28 bits per heavy atom. The summed E-state index contributed by atoms with van der Waals surface area (Å²) in [6.45, 7) is 7.34. The summed E-state index contributed by atoms with van der Waals surface area (Å²) in [5.74, 6) is 2.08. The molecular formula is C23H36N2O4. The zero-order valence-corrected chi connectivity index (χ0v) is 18.1. The number of esters is 1. The minimum Gasteiger partial charge on any atom is -0.491 e. The Bertz CT molecular complexity index is 677. The van der Waals surface area contributed by atoms with Crippen molar-refractivity contribution in [2.24, 2.45) is 29.4 Å². The molecule has 1 aliphatic carbocycles. The van der Waals surface area contributed by atoms with E-state index in [-0.39, 0.29) is 18.4 Å². The second kappa shape index (κ2) is 11.2. The van der Waals surface area contributed by atoms with E-state index in [4.69, 9.17) is 10.5 Å². The van der Waals surface area contributed by atoms with Gasteiger partial charge in [0.25, 0.3) is 0 Å². The van der Waals surface area contributed by atoms with Gasteiger partial charge >= 0.3 is 5.97 Å². The fourth-order valence-electron chi connectivity index (χ4n) is 4.16. The molecule has 0 spiro atoms. The molecule has 0 bridgehead atoms. The summed E-state index contributed by atoms with van der Waals surface area (Å²) >= 11 is 0. The lowest BCUT2D eigenvalue weighted by molar-refractivity contribution is -0.142. The van der Waals surface area contributed by atoms with Crippen molar-refractivity contribution in [1.29, 1.82) is 0 Å². The van der Waals surface area contributed by atoms with E-state index < -0.39 is 12.0 Å². The molecule has 0 saturated heterocycles. The van der Waals surface area contributed by atoms with Gasteiger partial charge in [-0.2, -0.15) is 0 Å². The van der Waals surface area contributed by atoms with Crippen LogP contribution in [0.15, 0.2) is 24.3 Å². The van der Waals surface area contributed by atoms with E-state index in [9.17, 15) is 9.59 Å². The first-order chi connectivity index (χ1) is 13.8. The van der Waals surface area contributed by atoms with E-state index in [0.717, 1.165) is 24.8 Å². The monoisotopic (exact) mass is 404 g/mol. The molecule has 1 aromatic carbocycles. The number of carbonyl (C=O) groups excluding carboxylic acids is 2. The topological polar surface area (TPSA) is 90.7 Å². The predicted octanol–water partition coefficient (Wildman–Crippen LogP) is 2.93. The number of amides is 1. The number of benzene rings is 1. The van der Waals surface area contributed by atoms with E-state index in [1.165, 1.54) is 13.5 Å². The van der Waals surface area contributed by atoms with Crippen LogP contribution in [0.2, 0.25) is 0 Å². The zero-order chi connectivity index (χ0) is 21.4. The minimum absolute atomic E-state index is 0.0588. The largest absolute Gasteiger partial charge is 0.491 e. The Morgan fingerprint density at radius 3 is 2.72 bits per heavy atom. The lowest BCUT2D eigenvalue weighted by atomic mass is 9.70. The average Bonchev–Trinajstić information content (AvgIpc) is 2.71. The number of rotatable bonds is 9. The average molecular weight is 405 g/mol. The van der Waals surface area contributed by atoms with Crippen molar-refractivity contribution in [1.82, 2.24) is 5.32 Å². The zero-order valence-electron chi connectivity index (χ0n) is 18.1. The molecule has 1 amide bonds. The second-order valence-electron chi connectivity index (χ2n) is 8.56. The highest BCUT2D eigenvalue weighted by molar-refractivity contribution is 5.79. The van der Waals surface area contributed by atoms with Crippen molar-refractivity contribution < 1.29 is 19.1 Å². The third kappa shape index (κ3) is 7.03. The molecule has 3 N–H and O–H groups in total.